The van der Waals surface area contributed by atoms with Crippen LogP contribution < -0.4 is 14.9 Å². The quantitative estimate of drug-likeness (QED) is 0.544. The van der Waals surface area contributed by atoms with Crippen LogP contribution in [-0.2, 0) is 0 Å². The summed E-state index contributed by atoms with van der Waals surface area (Å²) in [6.07, 6.45) is 3.34. The molecule has 4 aromatic rings. The van der Waals surface area contributed by atoms with E-state index in [4.69, 9.17) is 4.42 Å². The second-order valence-electron chi connectivity index (χ2n) is 6.35. The van der Waals surface area contributed by atoms with Crippen molar-refractivity contribution in [2.75, 3.05) is 0 Å². The Balaban J connectivity index is 1.75. The predicted molar refractivity (Wildman–Crippen MR) is 109 cm³/mol. The van der Waals surface area contributed by atoms with Crippen molar-refractivity contribution in [3.63, 3.8) is 0 Å². The number of furan rings is 1. The summed E-state index contributed by atoms with van der Waals surface area (Å²) in [7, 11) is 0. The molecule has 5 rings (SSSR count). The molecular weight excluding hydrogens is 370 g/mol. The van der Waals surface area contributed by atoms with E-state index in [-0.39, 0.29) is 11.6 Å². The highest BCUT2D eigenvalue weighted by atomic mass is 32.1. The van der Waals surface area contributed by atoms with Gasteiger partial charge in [0, 0.05) is 11.6 Å². The molecule has 0 aliphatic carbocycles. The van der Waals surface area contributed by atoms with E-state index < -0.39 is 0 Å². The van der Waals surface area contributed by atoms with E-state index in [1.54, 1.807) is 23.0 Å². The van der Waals surface area contributed by atoms with Crippen LogP contribution in [0, 0.1) is 0 Å². The Morgan fingerprint density at radius 1 is 0.929 bits per heavy atom. The number of rotatable bonds is 3. The smallest absolute Gasteiger partial charge is 0.271 e. The summed E-state index contributed by atoms with van der Waals surface area (Å²) in [5.74, 6) is 0.636. The third-order valence-corrected chi connectivity index (χ3v) is 5.57. The summed E-state index contributed by atoms with van der Waals surface area (Å²) in [5, 5.41) is 8.86. The number of aromatic nitrogens is 1. The molecule has 0 saturated heterocycles. The third-order valence-electron chi connectivity index (χ3n) is 4.60. The number of hydrogen-bond donors (Lipinski definition) is 0. The van der Waals surface area contributed by atoms with Crippen molar-refractivity contribution >= 4 is 23.1 Å². The monoisotopic (exact) mass is 385 g/mol. The molecule has 1 aliphatic rings. The molecule has 1 aliphatic heterocycles. The van der Waals surface area contributed by atoms with Gasteiger partial charge in [-0.15, -0.1) is 10.2 Å². The topological polar surface area (TPSA) is 59.9 Å². The maximum Gasteiger partial charge on any atom is 0.271 e. The van der Waals surface area contributed by atoms with Crippen LogP contribution in [0.2, 0.25) is 0 Å². The molecular formula is C22H15N3O2S. The Morgan fingerprint density at radius 2 is 1.68 bits per heavy atom. The van der Waals surface area contributed by atoms with Crippen LogP contribution in [-0.4, -0.2) is 10.3 Å². The molecule has 0 spiro atoms. The summed E-state index contributed by atoms with van der Waals surface area (Å²) in [6.45, 7) is 0. The maximum atomic E-state index is 13.3. The van der Waals surface area contributed by atoms with Crippen molar-refractivity contribution < 1.29 is 4.42 Å². The number of nitrogens with zero attached hydrogens (tertiary/aromatic N) is 3. The van der Waals surface area contributed by atoms with Gasteiger partial charge in [0.2, 0.25) is 4.80 Å². The molecule has 0 radical (unpaired) electrons. The van der Waals surface area contributed by atoms with Gasteiger partial charge in [-0.25, -0.2) is 0 Å². The van der Waals surface area contributed by atoms with Crippen LogP contribution in [0.1, 0.15) is 22.9 Å². The number of hydrogen-bond acceptors (Lipinski definition) is 5. The zero-order chi connectivity index (χ0) is 18.9. The molecule has 0 bridgehead atoms. The highest BCUT2D eigenvalue weighted by Gasteiger charge is 2.28. The lowest BCUT2D eigenvalue weighted by atomic mass is 9.96. The van der Waals surface area contributed by atoms with Crippen LogP contribution in [0.15, 0.2) is 98.5 Å². The minimum absolute atomic E-state index is 0.0997. The molecule has 2 aromatic heterocycles. The minimum atomic E-state index is -0.335. The summed E-state index contributed by atoms with van der Waals surface area (Å²) in [5.41, 5.74) is 2.59. The first-order chi connectivity index (χ1) is 13.8. The lowest BCUT2D eigenvalue weighted by Crippen LogP contribution is -2.40. The van der Waals surface area contributed by atoms with Crippen molar-refractivity contribution in [1.29, 1.82) is 0 Å². The van der Waals surface area contributed by atoms with Gasteiger partial charge in [-0.3, -0.25) is 9.36 Å². The van der Waals surface area contributed by atoms with Crippen LogP contribution >= 0.6 is 11.3 Å². The molecule has 0 unspecified atom stereocenters. The van der Waals surface area contributed by atoms with Crippen molar-refractivity contribution in [3.8, 4) is 0 Å². The van der Waals surface area contributed by atoms with Gasteiger partial charge >= 0.3 is 0 Å². The Bertz CT molecular complexity index is 1320. The minimum Gasteiger partial charge on any atom is -0.465 e. The lowest BCUT2D eigenvalue weighted by Gasteiger charge is -2.22. The van der Waals surface area contributed by atoms with Gasteiger partial charge < -0.3 is 4.42 Å². The fourth-order valence-corrected chi connectivity index (χ4v) is 4.25. The number of benzene rings is 2. The van der Waals surface area contributed by atoms with Gasteiger partial charge in [-0.1, -0.05) is 72.0 Å². The second kappa shape index (κ2) is 6.90. The van der Waals surface area contributed by atoms with Gasteiger partial charge in [-0.05, 0) is 17.7 Å². The van der Waals surface area contributed by atoms with Crippen molar-refractivity contribution in [2.45, 2.75) is 6.04 Å². The highest BCUT2D eigenvalue weighted by Crippen LogP contribution is 2.23. The first-order valence-corrected chi connectivity index (χ1v) is 9.65. The number of thiazole rings is 1. The molecule has 28 heavy (non-hydrogen) atoms. The Kier molecular flexibility index (Phi) is 4.10. The van der Waals surface area contributed by atoms with Crippen molar-refractivity contribution in [2.24, 2.45) is 10.2 Å². The van der Waals surface area contributed by atoms with Gasteiger partial charge in [0.15, 0.2) is 0 Å². The van der Waals surface area contributed by atoms with Crippen LogP contribution in [0.25, 0.3) is 6.08 Å². The van der Waals surface area contributed by atoms with E-state index in [1.165, 1.54) is 11.3 Å². The highest BCUT2D eigenvalue weighted by molar-refractivity contribution is 7.07. The molecule has 0 fully saturated rings. The fraction of sp³-hybridized carbons (Fsp3) is 0.0455. The maximum absolute atomic E-state index is 13.3. The average molecular weight is 385 g/mol. The standard InChI is InChI=1S/C22H15N3O2S/c26-21-18(14-17-12-7-13-27-17)28-22-24-23-19(15-8-3-1-4-9-15)20(25(21)22)16-10-5-2-6-11-16/h1-14,20H/t20-/m0/s1. The first-order valence-electron chi connectivity index (χ1n) is 8.84. The van der Waals surface area contributed by atoms with Crippen LogP contribution in [0.5, 0.6) is 0 Å². The van der Waals surface area contributed by atoms with E-state index in [1.807, 2.05) is 66.7 Å². The second-order valence-corrected chi connectivity index (χ2v) is 7.36. The summed E-state index contributed by atoms with van der Waals surface area (Å²) in [4.78, 5) is 13.9. The molecule has 0 N–H and O–H groups in total. The van der Waals surface area contributed by atoms with Gasteiger partial charge in [-0.2, -0.15) is 0 Å². The Hall–Kier alpha value is -3.51. The summed E-state index contributed by atoms with van der Waals surface area (Å²) < 4.78 is 7.67. The van der Waals surface area contributed by atoms with Crippen LogP contribution in [0.3, 0.4) is 0 Å². The van der Waals surface area contributed by atoms with E-state index >= 15 is 0 Å². The molecule has 5 nitrogen and oxygen atoms in total. The van der Waals surface area contributed by atoms with E-state index in [0.29, 0.717) is 15.1 Å². The molecule has 3 heterocycles. The van der Waals surface area contributed by atoms with Crippen molar-refractivity contribution in [1.82, 2.24) is 4.57 Å². The normalized spacial score (nSPS) is 16.4. The molecule has 136 valence electrons. The van der Waals surface area contributed by atoms with Gasteiger partial charge in [0.25, 0.3) is 5.56 Å². The average Bonchev–Trinajstić information content (AvgIpc) is 3.37. The zero-order valence-electron chi connectivity index (χ0n) is 14.7. The predicted octanol–water partition coefficient (Wildman–Crippen LogP) is 2.96. The lowest BCUT2D eigenvalue weighted by molar-refractivity contribution is 0.556. The molecule has 6 heteroatoms. The number of fused-ring (bicyclic) bond motifs is 1. The first kappa shape index (κ1) is 16.6. The molecule has 0 saturated carbocycles. The molecule has 0 amide bonds. The third kappa shape index (κ3) is 2.84. The van der Waals surface area contributed by atoms with Gasteiger partial charge in [0.1, 0.15) is 11.8 Å². The molecule has 2 aromatic carbocycles. The molecule has 1 atom stereocenters. The van der Waals surface area contributed by atoms with Crippen molar-refractivity contribution in [3.05, 3.63) is 116 Å². The zero-order valence-corrected chi connectivity index (χ0v) is 15.5. The van der Waals surface area contributed by atoms with Crippen LogP contribution in [0.4, 0.5) is 0 Å². The van der Waals surface area contributed by atoms with E-state index in [9.17, 15) is 4.79 Å². The summed E-state index contributed by atoms with van der Waals surface area (Å²) >= 11 is 1.32. The van der Waals surface area contributed by atoms with E-state index in [0.717, 1.165) is 16.8 Å². The van der Waals surface area contributed by atoms with E-state index in [2.05, 4.69) is 10.2 Å². The Labute approximate surface area is 164 Å². The SMILES string of the molecule is O=c1c(=Cc2ccco2)sc2n1[C@@H](c1ccccc1)C(c1ccccc1)=NN=2. The fourth-order valence-electron chi connectivity index (χ4n) is 3.33. The Morgan fingerprint density at radius 3 is 2.39 bits per heavy atom. The largest absolute Gasteiger partial charge is 0.465 e. The van der Waals surface area contributed by atoms with Gasteiger partial charge in [0.05, 0.1) is 16.5 Å². The summed E-state index contributed by atoms with van der Waals surface area (Å²) in [6, 6.07) is 23.1.